The Kier molecular flexibility index (Phi) is 10.1. The van der Waals surface area contributed by atoms with Crippen LogP contribution < -0.4 is 0 Å². The van der Waals surface area contributed by atoms with Crippen LogP contribution in [0.15, 0.2) is 48.5 Å². The van der Waals surface area contributed by atoms with E-state index in [1.165, 1.54) is 11.4 Å². The summed E-state index contributed by atoms with van der Waals surface area (Å²) in [5.74, 6) is -0.925. The minimum atomic E-state index is -3.96. The molecule has 2 aromatic rings. The summed E-state index contributed by atoms with van der Waals surface area (Å²) >= 11 is 12.6. The van der Waals surface area contributed by atoms with Crippen molar-refractivity contribution >= 4 is 55.5 Å². The van der Waals surface area contributed by atoms with E-state index >= 15 is 0 Å². The van der Waals surface area contributed by atoms with Crippen LogP contribution in [0.5, 0.6) is 0 Å². The van der Waals surface area contributed by atoms with Gasteiger partial charge in [0.15, 0.2) is 0 Å². The molecule has 2 aromatic carbocycles. The second-order valence-corrected chi connectivity index (χ2v) is 16.1. The lowest BCUT2D eigenvalue weighted by Crippen LogP contribution is -2.60. The fourth-order valence-corrected chi connectivity index (χ4v) is 8.25. The second kappa shape index (κ2) is 12.9. The third kappa shape index (κ3) is 7.19. The Morgan fingerprint density at radius 3 is 2.29 bits per heavy atom. The molecule has 2 aliphatic rings. The van der Waals surface area contributed by atoms with Gasteiger partial charge in [-0.3, -0.25) is 8.98 Å². The van der Waals surface area contributed by atoms with Gasteiger partial charge in [0.2, 0.25) is 15.9 Å². The molecule has 1 heterocycles. The average Bonchev–Trinajstić information content (AvgIpc) is 3.78. The van der Waals surface area contributed by atoms with Crippen molar-refractivity contribution in [3.05, 3.63) is 69.7 Å². The molecule has 1 amide bonds. The number of likely N-dealkylation sites (N-methyl/N-ethyl adjacent to an activating group) is 1. The normalized spacial score (nSPS) is 24.1. The molecule has 0 aromatic heterocycles. The molecule has 1 saturated heterocycles. The largest absolute Gasteiger partial charge is 0.330 e. The van der Waals surface area contributed by atoms with E-state index in [1.807, 2.05) is 25.1 Å². The van der Waals surface area contributed by atoms with Crippen molar-refractivity contribution < 1.29 is 30.6 Å². The van der Waals surface area contributed by atoms with Crippen LogP contribution >= 0.6 is 23.2 Å². The number of halogens is 2. The van der Waals surface area contributed by atoms with E-state index in [4.69, 9.17) is 27.4 Å². The van der Waals surface area contributed by atoms with Gasteiger partial charge in [0.1, 0.15) is 6.29 Å². The van der Waals surface area contributed by atoms with Crippen LogP contribution in [-0.2, 0) is 33.9 Å². The molecule has 4 rings (SSSR count). The van der Waals surface area contributed by atoms with Gasteiger partial charge in [-0.05, 0) is 61.1 Å². The number of likely N-dealkylation sites (tertiary alicyclic amines) is 1. The van der Waals surface area contributed by atoms with E-state index in [1.54, 1.807) is 35.2 Å². The second-order valence-electron chi connectivity index (χ2n) is 11.3. The quantitative estimate of drug-likeness (QED) is 0.224. The minimum Gasteiger partial charge on any atom is -0.330 e. The Morgan fingerprint density at radius 2 is 1.74 bits per heavy atom. The number of hydrogen-bond donors (Lipinski definition) is 0. The van der Waals surface area contributed by atoms with Crippen molar-refractivity contribution in [2.45, 2.75) is 62.3 Å². The number of aldehydes is 1. The fourth-order valence-electron chi connectivity index (χ4n) is 5.86. The smallest absolute Gasteiger partial charge is 0.264 e. The topological polar surface area (TPSA) is 118 Å². The maximum absolute atomic E-state index is 14.7. The summed E-state index contributed by atoms with van der Waals surface area (Å²) in [6.45, 7) is 1.36. The van der Waals surface area contributed by atoms with Crippen molar-refractivity contribution in [3.63, 3.8) is 0 Å². The van der Waals surface area contributed by atoms with Gasteiger partial charge in [0, 0.05) is 42.0 Å². The van der Waals surface area contributed by atoms with E-state index in [0.29, 0.717) is 35.6 Å². The van der Waals surface area contributed by atoms with Crippen molar-refractivity contribution in [3.8, 4) is 0 Å². The van der Waals surface area contributed by atoms with Gasteiger partial charge in [0.25, 0.3) is 10.1 Å². The Balaban J connectivity index is 1.91. The standard InChI is InChI=1S/C29H36Cl2N2O7S2/c1-4-24(18-32(2)42(38,39)25-12-13-25)33-27(20-8-10-22(30)11-9-20)26(21-6-5-7-23(31)16-21)17-29(14-15-34,28(33)35)19-40-41(3,36)37/h5-11,15-16,24-27H,4,12-14,17-19H2,1-3H3/t24?,26-,27-,29+/m1/s1. The third-order valence-electron chi connectivity index (χ3n) is 8.20. The van der Waals surface area contributed by atoms with Crippen molar-refractivity contribution in [2.75, 3.05) is 26.5 Å². The molecule has 1 aliphatic heterocycles. The molecular formula is C29H36Cl2N2O7S2. The lowest BCUT2D eigenvalue weighted by Gasteiger charge is -2.53. The van der Waals surface area contributed by atoms with Gasteiger partial charge in [0.05, 0.1) is 29.6 Å². The van der Waals surface area contributed by atoms with Crippen LogP contribution in [0, 0.1) is 5.41 Å². The van der Waals surface area contributed by atoms with E-state index in [0.717, 1.165) is 17.4 Å². The van der Waals surface area contributed by atoms with Crippen LogP contribution in [-0.4, -0.2) is 76.0 Å². The fraction of sp³-hybridized carbons (Fsp3) is 0.517. The minimum absolute atomic E-state index is 0.0253. The van der Waals surface area contributed by atoms with E-state index in [2.05, 4.69) is 0 Å². The molecule has 1 aliphatic carbocycles. The molecule has 0 N–H and O–H groups in total. The summed E-state index contributed by atoms with van der Waals surface area (Å²) in [5, 5.41) is 0.549. The molecule has 4 atom stereocenters. The maximum Gasteiger partial charge on any atom is 0.264 e. The number of piperidine rings is 1. The van der Waals surface area contributed by atoms with Gasteiger partial charge in [-0.1, -0.05) is 54.4 Å². The highest BCUT2D eigenvalue weighted by Gasteiger charge is 2.54. The Labute approximate surface area is 258 Å². The summed E-state index contributed by atoms with van der Waals surface area (Å²) < 4.78 is 57.0. The van der Waals surface area contributed by atoms with Gasteiger partial charge >= 0.3 is 0 Å². The van der Waals surface area contributed by atoms with Crippen LogP contribution in [0.4, 0.5) is 0 Å². The number of amides is 1. The molecule has 0 bridgehead atoms. The summed E-state index contributed by atoms with van der Waals surface area (Å²) in [7, 11) is -6.00. The first-order chi connectivity index (χ1) is 19.7. The highest BCUT2D eigenvalue weighted by molar-refractivity contribution is 7.90. The molecular weight excluding hydrogens is 623 g/mol. The summed E-state index contributed by atoms with van der Waals surface area (Å²) in [6.07, 6.45) is 2.90. The van der Waals surface area contributed by atoms with Gasteiger partial charge < -0.3 is 9.69 Å². The molecule has 1 unspecified atom stereocenters. The van der Waals surface area contributed by atoms with Crippen molar-refractivity contribution in [1.82, 2.24) is 9.21 Å². The van der Waals surface area contributed by atoms with E-state index < -0.39 is 61.3 Å². The molecule has 13 heteroatoms. The predicted molar refractivity (Wildman–Crippen MR) is 162 cm³/mol. The van der Waals surface area contributed by atoms with Crippen LogP contribution in [0.2, 0.25) is 10.0 Å². The first kappa shape index (κ1) is 32.9. The zero-order chi connectivity index (χ0) is 30.9. The zero-order valence-electron chi connectivity index (χ0n) is 23.8. The van der Waals surface area contributed by atoms with Crippen LogP contribution in [0.3, 0.4) is 0 Å². The Morgan fingerprint density at radius 1 is 1.07 bits per heavy atom. The number of nitrogens with zero attached hydrogens (tertiary/aromatic N) is 2. The molecule has 42 heavy (non-hydrogen) atoms. The Bertz CT molecular complexity index is 1510. The van der Waals surface area contributed by atoms with Gasteiger partial charge in [-0.15, -0.1) is 0 Å². The lowest BCUT2D eigenvalue weighted by atomic mass is 9.66. The first-order valence-electron chi connectivity index (χ1n) is 13.8. The van der Waals surface area contributed by atoms with Gasteiger partial charge in [-0.2, -0.15) is 8.42 Å². The van der Waals surface area contributed by atoms with E-state index in [-0.39, 0.29) is 19.4 Å². The summed E-state index contributed by atoms with van der Waals surface area (Å²) in [4.78, 5) is 28.4. The van der Waals surface area contributed by atoms with E-state index in [9.17, 15) is 26.4 Å². The number of hydrogen-bond acceptors (Lipinski definition) is 7. The molecule has 9 nitrogen and oxygen atoms in total. The summed E-state index contributed by atoms with van der Waals surface area (Å²) in [6, 6.07) is 13.1. The Hall–Kier alpha value is -2.02. The first-order valence-corrected chi connectivity index (χ1v) is 17.9. The summed E-state index contributed by atoms with van der Waals surface area (Å²) in [5.41, 5.74) is 0.0123. The van der Waals surface area contributed by atoms with Crippen molar-refractivity contribution in [2.24, 2.45) is 5.41 Å². The zero-order valence-corrected chi connectivity index (χ0v) is 26.9. The number of carbonyl (C=O) groups is 2. The monoisotopic (exact) mass is 658 g/mol. The highest BCUT2D eigenvalue weighted by atomic mass is 35.5. The number of carbonyl (C=O) groups excluding carboxylic acids is 2. The maximum atomic E-state index is 14.7. The predicted octanol–water partition coefficient (Wildman–Crippen LogP) is 4.80. The van der Waals surface area contributed by atoms with Gasteiger partial charge in [-0.25, -0.2) is 12.7 Å². The highest BCUT2D eigenvalue weighted by Crippen LogP contribution is 2.52. The molecule has 230 valence electrons. The SMILES string of the molecule is CCC(CN(C)S(=O)(=O)C1CC1)N1C(=O)[C@](CC=O)(COS(C)(=O)=O)C[C@H](c2cccc(Cl)c2)[C@H]1c1ccc(Cl)cc1. The number of rotatable bonds is 13. The average molecular weight is 660 g/mol. The third-order valence-corrected chi connectivity index (χ3v) is 11.6. The number of benzene rings is 2. The van der Waals surface area contributed by atoms with Crippen LogP contribution in [0.25, 0.3) is 0 Å². The van der Waals surface area contributed by atoms with Crippen LogP contribution in [0.1, 0.15) is 62.1 Å². The number of sulfonamides is 1. The van der Waals surface area contributed by atoms with Crippen molar-refractivity contribution in [1.29, 1.82) is 0 Å². The molecule has 0 radical (unpaired) electrons. The molecule has 2 fully saturated rings. The molecule has 1 saturated carbocycles. The molecule has 0 spiro atoms. The lowest BCUT2D eigenvalue weighted by molar-refractivity contribution is -0.160.